The Hall–Kier alpha value is -4.63. The summed E-state index contributed by atoms with van der Waals surface area (Å²) in [5.41, 5.74) is 2.01. The predicted octanol–water partition coefficient (Wildman–Crippen LogP) is 5.45. The number of rotatable bonds is 15. The van der Waals surface area contributed by atoms with Gasteiger partial charge in [0.1, 0.15) is 18.3 Å². The lowest BCUT2D eigenvalue weighted by Gasteiger charge is -2.34. The number of carbonyl (C=O) groups is 2. The SMILES string of the molecule is CCCNC(=O)[C@H](Cc1ccccc1)N(Cc1ccccc1)C(=O)CN(c1ccc(OCC)cc1)S(=O)(=O)c1ccccc1. The summed E-state index contributed by atoms with van der Waals surface area (Å²) < 4.78 is 34.7. The molecule has 8 nitrogen and oxygen atoms in total. The van der Waals surface area contributed by atoms with E-state index in [1.54, 1.807) is 42.5 Å². The summed E-state index contributed by atoms with van der Waals surface area (Å²) in [4.78, 5) is 29.6. The number of nitrogens with one attached hydrogen (secondary N) is 1. The van der Waals surface area contributed by atoms with Crippen molar-refractivity contribution in [1.29, 1.82) is 0 Å². The molecule has 0 bridgehead atoms. The summed E-state index contributed by atoms with van der Waals surface area (Å²) in [6, 6.07) is 32.6. The van der Waals surface area contributed by atoms with Gasteiger partial charge in [0.15, 0.2) is 0 Å². The molecule has 1 N–H and O–H groups in total. The van der Waals surface area contributed by atoms with Crippen LogP contribution >= 0.6 is 0 Å². The number of benzene rings is 4. The van der Waals surface area contributed by atoms with E-state index in [9.17, 15) is 18.0 Å². The molecule has 0 heterocycles. The Bertz CT molecular complexity index is 1580. The molecule has 9 heteroatoms. The van der Waals surface area contributed by atoms with Crippen molar-refractivity contribution in [2.75, 3.05) is 24.0 Å². The molecule has 0 fully saturated rings. The number of anilines is 1. The van der Waals surface area contributed by atoms with Gasteiger partial charge in [0.2, 0.25) is 11.8 Å². The summed E-state index contributed by atoms with van der Waals surface area (Å²) in [6.07, 6.45) is 1.00. The molecule has 44 heavy (non-hydrogen) atoms. The van der Waals surface area contributed by atoms with Crippen LogP contribution in [0.4, 0.5) is 5.69 Å². The highest BCUT2D eigenvalue weighted by Gasteiger charge is 2.34. The quantitative estimate of drug-likeness (QED) is 0.193. The van der Waals surface area contributed by atoms with Gasteiger partial charge >= 0.3 is 0 Å². The van der Waals surface area contributed by atoms with E-state index < -0.39 is 28.5 Å². The number of amides is 2. The van der Waals surface area contributed by atoms with Crippen LogP contribution in [-0.4, -0.2) is 50.9 Å². The predicted molar refractivity (Wildman–Crippen MR) is 173 cm³/mol. The molecular formula is C35H39N3O5S. The van der Waals surface area contributed by atoms with Crippen molar-refractivity contribution in [3.63, 3.8) is 0 Å². The summed E-state index contributed by atoms with van der Waals surface area (Å²) in [5.74, 6) is -0.214. The number of hydrogen-bond acceptors (Lipinski definition) is 5. The normalized spacial score (nSPS) is 11.8. The minimum absolute atomic E-state index is 0.0535. The molecule has 0 aliphatic carbocycles. The molecule has 0 saturated carbocycles. The van der Waals surface area contributed by atoms with Crippen molar-refractivity contribution in [2.45, 2.75) is 44.2 Å². The van der Waals surface area contributed by atoms with E-state index in [4.69, 9.17) is 4.74 Å². The lowest BCUT2D eigenvalue weighted by molar-refractivity contribution is -0.140. The van der Waals surface area contributed by atoms with Crippen LogP contribution in [0.25, 0.3) is 0 Å². The topological polar surface area (TPSA) is 96.0 Å². The fourth-order valence-electron chi connectivity index (χ4n) is 4.82. The van der Waals surface area contributed by atoms with Gasteiger partial charge in [0.05, 0.1) is 17.2 Å². The molecule has 4 aromatic carbocycles. The Labute approximate surface area is 260 Å². The Morgan fingerprint density at radius 3 is 1.91 bits per heavy atom. The van der Waals surface area contributed by atoms with Gasteiger partial charge in [-0.25, -0.2) is 8.42 Å². The molecule has 1 atom stereocenters. The maximum Gasteiger partial charge on any atom is 0.264 e. The number of nitrogens with zero attached hydrogens (tertiary/aromatic N) is 2. The van der Waals surface area contributed by atoms with E-state index >= 15 is 0 Å². The zero-order valence-electron chi connectivity index (χ0n) is 25.1. The van der Waals surface area contributed by atoms with E-state index in [0.717, 1.165) is 21.9 Å². The fourth-order valence-corrected chi connectivity index (χ4v) is 6.26. The third-order valence-electron chi connectivity index (χ3n) is 7.06. The van der Waals surface area contributed by atoms with Gasteiger partial charge in [0.25, 0.3) is 10.0 Å². The Kier molecular flexibility index (Phi) is 11.5. The maximum absolute atomic E-state index is 14.4. The molecule has 4 aromatic rings. The van der Waals surface area contributed by atoms with Crippen LogP contribution in [0.5, 0.6) is 5.75 Å². The molecule has 4 rings (SSSR count). The first-order valence-corrected chi connectivity index (χ1v) is 16.2. The average molecular weight is 614 g/mol. The first-order valence-electron chi connectivity index (χ1n) is 14.8. The number of carbonyl (C=O) groups excluding carboxylic acids is 2. The smallest absolute Gasteiger partial charge is 0.264 e. The second-order valence-electron chi connectivity index (χ2n) is 10.3. The monoisotopic (exact) mass is 613 g/mol. The van der Waals surface area contributed by atoms with Crippen molar-refractivity contribution in [3.8, 4) is 5.75 Å². The second kappa shape index (κ2) is 15.7. The molecule has 0 spiro atoms. The second-order valence-corrected chi connectivity index (χ2v) is 12.1. The van der Waals surface area contributed by atoms with E-state index in [-0.39, 0.29) is 23.8 Å². The highest BCUT2D eigenvalue weighted by molar-refractivity contribution is 7.92. The van der Waals surface area contributed by atoms with Gasteiger partial charge < -0.3 is 15.0 Å². The molecule has 2 amide bonds. The van der Waals surface area contributed by atoms with E-state index in [1.165, 1.54) is 17.0 Å². The summed E-state index contributed by atoms with van der Waals surface area (Å²) in [7, 11) is -4.16. The minimum atomic E-state index is -4.16. The van der Waals surface area contributed by atoms with Gasteiger partial charge in [-0.2, -0.15) is 0 Å². The zero-order chi connectivity index (χ0) is 31.4. The molecular weight excluding hydrogens is 574 g/mol. The van der Waals surface area contributed by atoms with Crippen LogP contribution in [0.1, 0.15) is 31.4 Å². The van der Waals surface area contributed by atoms with Gasteiger partial charge in [-0.05, 0) is 60.9 Å². The third-order valence-corrected chi connectivity index (χ3v) is 8.85. The van der Waals surface area contributed by atoms with E-state index in [1.807, 2.05) is 74.5 Å². The van der Waals surface area contributed by atoms with Crippen LogP contribution in [0, 0.1) is 0 Å². The molecule has 0 aromatic heterocycles. The van der Waals surface area contributed by atoms with Crippen LogP contribution in [-0.2, 0) is 32.6 Å². The fraction of sp³-hybridized carbons (Fsp3) is 0.257. The number of sulfonamides is 1. The largest absolute Gasteiger partial charge is 0.494 e. The van der Waals surface area contributed by atoms with Crippen molar-refractivity contribution in [2.24, 2.45) is 0 Å². The Balaban J connectivity index is 1.77. The molecule has 0 unspecified atom stereocenters. The van der Waals surface area contributed by atoms with Crippen molar-refractivity contribution in [3.05, 3.63) is 126 Å². The van der Waals surface area contributed by atoms with Gasteiger partial charge in [0, 0.05) is 19.5 Å². The maximum atomic E-state index is 14.4. The molecule has 0 saturated heterocycles. The van der Waals surface area contributed by atoms with Crippen LogP contribution in [0.15, 0.2) is 120 Å². The Morgan fingerprint density at radius 2 is 1.34 bits per heavy atom. The number of ether oxygens (including phenoxy) is 1. The molecule has 0 radical (unpaired) electrons. The molecule has 0 aliphatic heterocycles. The van der Waals surface area contributed by atoms with Crippen LogP contribution < -0.4 is 14.4 Å². The standard InChI is InChI=1S/C35H39N3O5S/c1-3-24-36-35(40)33(25-28-14-8-5-9-15-28)37(26-29-16-10-6-11-17-29)34(39)27-38(30-20-22-31(23-21-30)43-4-2)44(41,42)32-18-12-7-13-19-32/h5-23,33H,3-4,24-27H2,1-2H3,(H,36,40)/t33-/m0/s1. The van der Waals surface area contributed by atoms with Crippen LogP contribution in [0.2, 0.25) is 0 Å². The molecule has 0 aliphatic rings. The lowest BCUT2D eigenvalue weighted by Crippen LogP contribution is -2.53. The number of hydrogen-bond donors (Lipinski definition) is 1. The van der Waals surface area contributed by atoms with Gasteiger partial charge in [-0.15, -0.1) is 0 Å². The van der Waals surface area contributed by atoms with Gasteiger partial charge in [-0.3, -0.25) is 13.9 Å². The third kappa shape index (κ3) is 8.48. The highest BCUT2D eigenvalue weighted by atomic mass is 32.2. The Morgan fingerprint density at radius 1 is 0.773 bits per heavy atom. The lowest BCUT2D eigenvalue weighted by atomic mass is 10.0. The van der Waals surface area contributed by atoms with Crippen molar-refractivity contribution < 1.29 is 22.7 Å². The van der Waals surface area contributed by atoms with E-state index in [2.05, 4.69) is 5.32 Å². The van der Waals surface area contributed by atoms with Crippen molar-refractivity contribution in [1.82, 2.24) is 10.2 Å². The van der Waals surface area contributed by atoms with Gasteiger partial charge in [-0.1, -0.05) is 85.8 Å². The van der Waals surface area contributed by atoms with Crippen molar-refractivity contribution >= 4 is 27.5 Å². The summed E-state index contributed by atoms with van der Waals surface area (Å²) in [5, 5.41) is 2.95. The molecule has 230 valence electrons. The van der Waals surface area contributed by atoms with Crippen LogP contribution in [0.3, 0.4) is 0 Å². The van der Waals surface area contributed by atoms with E-state index in [0.29, 0.717) is 24.6 Å². The first kappa shape index (κ1) is 32.3. The summed E-state index contributed by atoms with van der Waals surface area (Å²) >= 11 is 0. The average Bonchev–Trinajstić information content (AvgIpc) is 3.06. The first-order chi connectivity index (χ1) is 21.3. The highest BCUT2D eigenvalue weighted by Crippen LogP contribution is 2.27. The minimum Gasteiger partial charge on any atom is -0.494 e. The summed E-state index contributed by atoms with van der Waals surface area (Å²) in [6.45, 7) is 4.36. The zero-order valence-corrected chi connectivity index (χ0v) is 26.0.